The minimum absolute atomic E-state index is 0.115. The van der Waals surface area contributed by atoms with E-state index < -0.39 is 0 Å². The number of methoxy groups -OCH3 is 1. The van der Waals surface area contributed by atoms with E-state index in [9.17, 15) is 4.79 Å². The molecule has 1 fully saturated rings. The zero-order valence-electron chi connectivity index (χ0n) is 17.0. The summed E-state index contributed by atoms with van der Waals surface area (Å²) in [4.78, 5) is 19.4. The van der Waals surface area contributed by atoms with Gasteiger partial charge in [0.15, 0.2) is 0 Å². The lowest BCUT2D eigenvalue weighted by Crippen LogP contribution is -2.46. The van der Waals surface area contributed by atoms with Crippen LogP contribution in [0.2, 0.25) is 0 Å². The number of piperazine rings is 1. The van der Waals surface area contributed by atoms with Gasteiger partial charge in [-0.05, 0) is 35.4 Å². The molecule has 1 aliphatic heterocycles. The molecule has 0 spiro atoms. The van der Waals surface area contributed by atoms with Crippen LogP contribution in [0.25, 0.3) is 0 Å². The topological polar surface area (TPSA) is 66.5 Å². The van der Waals surface area contributed by atoms with Crippen LogP contribution in [0, 0.1) is 0 Å². The molecule has 154 valence electrons. The van der Waals surface area contributed by atoms with Crippen LogP contribution in [0.5, 0.6) is 5.75 Å². The molecule has 1 aromatic heterocycles. The maximum atomic E-state index is 12.7. The van der Waals surface area contributed by atoms with Crippen molar-refractivity contribution < 1.29 is 9.53 Å². The van der Waals surface area contributed by atoms with Gasteiger partial charge in [0, 0.05) is 44.0 Å². The summed E-state index contributed by atoms with van der Waals surface area (Å²) in [5.41, 5.74) is 2.86. The Morgan fingerprint density at radius 2 is 2.03 bits per heavy atom. The summed E-state index contributed by atoms with van der Waals surface area (Å²) in [7, 11) is 1.63. The molecular formula is C24H26N4O2. The summed E-state index contributed by atoms with van der Waals surface area (Å²) in [6.45, 7) is 2.97. The van der Waals surface area contributed by atoms with Crippen LogP contribution in [0.1, 0.15) is 27.5 Å². The van der Waals surface area contributed by atoms with Crippen LogP contribution in [0.3, 0.4) is 0 Å². The highest BCUT2D eigenvalue weighted by Gasteiger charge is 2.22. The van der Waals surface area contributed by atoms with E-state index in [1.54, 1.807) is 19.4 Å². The first-order valence-corrected chi connectivity index (χ1v) is 10.1. The minimum Gasteiger partial charge on any atom is -0.497 e. The Hall–Kier alpha value is -3.38. The average Bonchev–Trinajstić information content (AvgIpc) is 2.83. The Morgan fingerprint density at radius 1 is 1.17 bits per heavy atom. The molecule has 2 aromatic carbocycles. The number of rotatable bonds is 6. The number of nitrogens with one attached hydrogen (secondary N) is 2. The van der Waals surface area contributed by atoms with Gasteiger partial charge in [-0.15, -0.1) is 0 Å². The largest absolute Gasteiger partial charge is 0.497 e. The first-order valence-electron chi connectivity index (χ1n) is 10.1. The highest BCUT2D eigenvalue weighted by Crippen LogP contribution is 2.22. The van der Waals surface area contributed by atoms with Gasteiger partial charge < -0.3 is 20.3 Å². The summed E-state index contributed by atoms with van der Waals surface area (Å²) in [5, 5.41) is 6.54. The number of pyridine rings is 1. The Bertz CT molecular complexity index is 993. The summed E-state index contributed by atoms with van der Waals surface area (Å²) in [5.74, 6) is 1.49. The Kier molecular flexibility index (Phi) is 6.25. The van der Waals surface area contributed by atoms with Crippen LogP contribution in [0.4, 0.5) is 5.82 Å². The van der Waals surface area contributed by atoms with Gasteiger partial charge in [0.05, 0.1) is 7.11 Å². The molecule has 2 N–H and O–H groups in total. The summed E-state index contributed by atoms with van der Waals surface area (Å²) < 4.78 is 5.24. The van der Waals surface area contributed by atoms with Crippen molar-refractivity contribution in [3.63, 3.8) is 0 Å². The Morgan fingerprint density at radius 3 is 2.87 bits per heavy atom. The van der Waals surface area contributed by atoms with Crippen LogP contribution in [-0.4, -0.2) is 37.6 Å². The second kappa shape index (κ2) is 9.41. The number of hydrogen-bond acceptors (Lipinski definition) is 5. The van der Waals surface area contributed by atoms with Gasteiger partial charge in [0.1, 0.15) is 11.6 Å². The van der Waals surface area contributed by atoms with Crippen molar-refractivity contribution in [3.8, 4) is 5.75 Å². The number of ether oxygens (including phenoxy) is 1. The molecule has 1 aliphatic rings. The fourth-order valence-corrected chi connectivity index (χ4v) is 3.67. The maximum Gasteiger partial charge on any atom is 0.251 e. The van der Waals surface area contributed by atoms with Gasteiger partial charge in [-0.2, -0.15) is 0 Å². The first kappa shape index (κ1) is 19.9. The van der Waals surface area contributed by atoms with Gasteiger partial charge in [-0.1, -0.05) is 42.5 Å². The summed E-state index contributed by atoms with van der Waals surface area (Å²) in [6.07, 6.45) is 1.70. The zero-order valence-corrected chi connectivity index (χ0v) is 17.0. The lowest BCUT2D eigenvalue weighted by molar-refractivity contribution is 0.0950. The lowest BCUT2D eigenvalue weighted by atomic mass is 10.0. The normalized spacial score (nSPS) is 16.2. The Labute approximate surface area is 176 Å². The van der Waals surface area contributed by atoms with Crippen LogP contribution >= 0.6 is 0 Å². The quantitative estimate of drug-likeness (QED) is 0.663. The van der Waals surface area contributed by atoms with Crippen LogP contribution in [-0.2, 0) is 6.54 Å². The highest BCUT2D eigenvalue weighted by molar-refractivity contribution is 5.94. The van der Waals surface area contributed by atoms with Gasteiger partial charge in [0.2, 0.25) is 0 Å². The number of aromatic nitrogens is 1. The van der Waals surface area contributed by atoms with E-state index in [1.807, 2.05) is 36.4 Å². The molecular weight excluding hydrogens is 376 g/mol. The molecule has 3 aromatic rings. The number of nitrogens with zero attached hydrogens (tertiary/aromatic N) is 2. The number of benzene rings is 2. The third-order valence-electron chi connectivity index (χ3n) is 5.30. The number of anilines is 1. The standard InChI is InChI=1S/C24H26N4O2/c1-30-21-9-5-6-18(14-21)16-27-24(29)20-10-11-26-23(15-20)28-13-12-25-22(17-28)19-7-3-2-4-8-19/h2-11,14-15,22,25H,12-13,16-17H2,1H3,(H,27,29)/t22-/m0/s1. The number of carbonyl (C=O) groups is 1. The van der Waals surface area contributed by atoms with Crippen molar-refractivity contribution in [2.24, 2.45) is 0 Å². The molecule has 1 atom stereocenters. The molecule has 0 aliphatic carbocycles. The monoisotopic (exact) mass is 402 g/mol. The van der Waals surface area contributed by atoms with Crippen LogP contribution in [0.15, 0.2) is 72.9 Å². The second-order valence-corrected chi connectivity index (χ2v) is 7.30. The van der Waals surface area contributed by atoms with Gasteiger partial charge >= 0.3 is 0 Å². The van der Waals surface area contributed by atoms with E-state index >= 15 is 0 Å². The fourth-order valence-electron chi connectivity index (χ4n) is 3.67. The molecule has 4 rings (SSSR count). The Balaban J connectivity index is 1.42. The molecule has 1 saturated heterocycles. The molecule has 6 heteroatoms. The third-order valence-corrected chi connectivity index (χ3v) is 5.30. The van der Waals surface area contributed by atoms with Crippen molar-refractivity contribution in [1.29, 1.82) is 0 Å². The molecule has 0 saturated carbocycles. The smallest absolute Gasteiger partial charge is 0.251 e. The van der Waals surface area contributed by atoms with Crippen molar-refractivity contribution in [3.05, 3.63) is 89.6 Å². The van der Waals surface area contributed by atoms with Crippen molar-refractivity contribution in [1.82, 2.24) is 15.6 Å². The van der Waals surface area contributed by atoms with Crippen molar-refractivity contribution >= 4 is 11.7 Å². The molecule has 1 amide bonds. The predicted octanol–water partition coefficient (Wildman–Crippen LogP) is 3.17. The van der Waals surface area contributed by atoms with E-state index in [-0.39, 0.29) is 11.9 Å². The molecule has 2 heterocycles. The van der Waals surface area contributed by atoms with Crippen LogP contribution < -0.4 is 20.3 Å². The third kappa shape index (κ3) is 4.78. The van der Waals surface area contributed by atoms with Gasteiger partial charge in [-0.25, -0.2) is 4.98 Å². The first-order chi connectivity index (χ1) is 14.7. The minimum atomic E-state index is -0.115. The summed E-state index contributed by atoms with van der Waals surface area (Å²) in [6, 6.07) is 22.0. The molecule has 0 unspecified atom stereocenters. The van der Waals surface area contributed by atoms with E-state index in [2.05, 4.69) is 44.8 Å². The molecule has 0 bridgehead atoms. The lowest BCUT2D eigenvalue weighted by Gasteiger charge is -2.34. The van der Waals surface area contributed by atoms with Gasteiger partial charge in [0.25, 0.3) is 5.91 Å². The second-order valence-electron chi connectivity index (χ2n) is 7.30. The molecule has 0 radical (unpaired) electrons. The number of amides is 1. The summed E-state index contributed by atoms with van der Waals surface area (Å²) >= 11 is 0. The van der Waals surface area contributed by atoms with E-state index in [1.165, 1.54) is 5.56 Å². The SMILES string of the molecule is COc1cccc(CNC(=O)c2ccnc(N3CCN[C@H](c4ccccc4)C3)c2)c1. The van der Waals surface area contributed by atoms with E-state index in [0.29, 0.717) is 12.1 Å². The zero-order chi connectivity index (χ0) is 20.8. The maximum absolute atomic E-state index is 12.7. The predicted molar refractivity (Wildman–Crippen MR) is 118 cm³/mol. The molecule has 30 heavy (non-hydrogen) atoms. The fraction of sp³-hybridized carbons (Fsp3) is 0.250. The van der Waals surface area contributed by atoms with Gasteiger partial charge in [-0.3, -0.25) is 4.79 Å². The number of hydrogen-bond donors (Lipinski definition) is 2. The average molecular weight is 402 g/mol. The van der Waals surface area contributed by atoms with Crippen molar-refractivity contribution in [2.75, 3.05) is 31.6 Å². The van der Waals surface area contributed by atoms with E-state index in [0.717, 1.165) is 36.8 Å². The number of carbonyl (C=O) groups excluding carboxylic acids is 1. The highest BCUT2D eigenvalue weighted by atomic mass is 16.5. The molecule has 6 nitrogen and oxygen atoms in total. The van der Waals surface area contributed by atoms with E-state index in [4.69, 9.17) is 4.74 Å². The van der Waals surface area contributed by atoms with Crippen molar-refractivity contribution in [2.45, 2.75) is 12.6 Å².